The first-order valence-corrected chi connectivity index (χ1v) is 4.05. The van der Waals surface area contributed by atoms with Crippen molar-refractivity contribution in [3.63, 3.8) is 0 Å². The van der Waals surface area contributed by atoms with Crippen molar-refractivity contribution in [1.29, 1.82) is 0 Å². The van der Waals surface area contributed by atoms with Gasteiger partial charge in [-0.2, -0.15) is 0 Å². The number of aromatic nitrogens is 2. The Morgan fingerprint density at radius 3 is 2.75 bits per heavy atom. The Morgan fingerprint density at radius 1 is 1.67 bits per heavy atom. The van der Waals surface area contributed by atoms with Gasteiger partial charge in [0.1, 0.15) is 0 Å². The summed E-state index contributed by atoms with van der Waals surface area (Å²) in [5.74, 6) is 0. The van der Waals surface area contributed by atoms with Crippen molar-refractivity contribution in [1.82, 2.24) is 9.55 Å². The van der Waals surface area contributed by atoms with Crippen LogP contribution in [-0.4, -0.2) is 21.3 Å². The first kappa shape index (κ1) is 9.22. The monoisotopic (exact) mass is 169 g/mol. The van der Waals surface area contributed by atoms with E-state index in [2.05, 4.69) is 18.8 Å². The fourth-order valence-corrected chi connectivity index (χ4v) is 0.920. The number of rotatable bonds is 3. The summed E-state index contributed by atoms with van der Waals surface area (Å²) in [6.07, 6.45) is 3.60. The Balaban J connectivity index is 2.77. The highest BCUT2D eigenvalue weighted by molar-refractivity contribution is 5.03. The summed E-state index contributed by atoms with van der Waals surface area (Å²) >= 11 is 0. The third kappa shape index (κ3) is 1.84. The standard InChI is InChI=1S/C8H15N3O/c1-6(2)11-3-8(10-5-11)7(9)4-12/h3,5-7,12H,4,9H2,1-2H3. The van der Waals surface area contributed by atoms with Gasteiger partial charge in [-0.3, -0.25) is 0 Å². The van der Waals surface area contributed by atoms with Crippen molar-refractivity contribution >= 4 is 0 Å². The number of hydrogen-bond donors (Lipinski definition) is 2. The molecule has 0 spiro atoms. The van der Waals surface area contributed by atoms with Gasteiger partial charge in [0, 0.05) is 12.2 Å². The third-order valence-corrected chi connectivity index (χ3v) is 1.79. The van der Waals surface area contributed by atoms with Gasteiger partial charge in [-0.15, -0.1) is 0 Å². The lowest BCUT2D eigenvalue weighted by Gasteiger charge is -2.05. The Bertz CT molecular complexity index is 244. The molecule has 0 aliphatic rings. The van der Waals surface area contributed by atoms with Crippen LogP contribution in [0.2, 0.25) is 0 Å². The molecule has 4 nitrogen and oxygen atoms in total. The summed E-state index contributed by atoms with van der Waals surface area (Å²) in [7, 11) is 0. The van der Waals surface area contributed by atoms with Crippen molar-refractivity contribution in [2.75, 3.05) is 6.61 Å². The predicted molar refractivity (Wildman–Crippen MR) is 46.6 cm³/mol. The Kier molecular flexibility index (Phi) is 2.83. The summed E-state index contributed by atoms with van der Waals surface area (Å²) < 4.78 is 1.96. The molecule has 1 unspecified atom stereocenters. The first-order valence-electron chi connectivity index (χ1n) is 4.05. The van der Waals surface area contributed by atoms with Crippen LogP contribution in [0.5, 0.6) is 0 Å². The second-order valence-electron chi connectivity index (χ2n) is 3.13. The van der Waals surface area contributed by atoms with Crippen LogP contribution in [0, 0.1) is 0 Å². The van der Waals surface area contributed by atoms with Crippen molar-refractivity contribution in [2.45, 2.75) is 25.9 Å². The molecule has 4 heteroatoms. The highest BCUT2D eigenvalue weighted by Crippen LogP contribution is 2.10. The minimum atomic E-state index is -0.356. The van der Waals surface area contributed by atoms with Crippen molar-refractivity contribution < 1.29 is 5.11 Å². The highest BCUT2D eigenvalue weighted by atomic mass is 16.3. The molecule has 0 fully saturated rings. The number of aliphatic hydroxyl groups is 1. The van der Waals surface area contributed by atoms with Gasteiger partial charge in [0.15, 0.2) is 0 Å². The van der Waals surface area contributed by atoms with Gasteiger partial charge in [0.25, 0.3) is 0 Å². The molecule has 0 bridgehead atoms. The molecule has 1 rings (SSSR count). The lowest BCUT2D eigenvalue weighted by Crippen LogP contribution is -2.14. The molecule has 0 aliphatic carbocycles. The van der Waals surface area contributed by atoms with E-state index in [9.17, 15) is 0 Å². The van der Waals surface area contributed by atoms with Crippen LogP contribution in [0.3, 0.4) is 0 Å². The summed E-state index contributed by atoms with van der Waals surface area (Å²) in [5, 5.41) is 8.76. The predicted octanol–water partition coefficient (Wildman–Crippen LogP) is 0.456. The van der Waals surface area contributed by atoms with Gasteiger partial charge in [-0.1, -0.05) is 0 Å². The molecular formula is C8H15N3O. The molecule has 0 aromatic carbocycles. The van der Waals surface area contributed by atoms with E-state index in [0.717, 1.165) is 5.69 Å². The number of hydrogen-bond acceptors (Lipinski definition) is 3. The van der Waals surface area contributed by atoms with E-state index in [1.165, 1.54) is 0 Å². The SMILES string of the molecule is CC(C)n1cnc(C(N)CO)c1. The smallest absolute Gasteiger partial charge is 0.0952 e. The molecule has 12 heavy (non-hydrogen) atoms. The summed E-state index contributed by atoms with van der Waals surface area (Å²) in [6.45, 7) is 4.07. The lowest BCUT2D eigenvalue weighted by atomic mass is 10.2. The molecule has 3 N–H and O–H groups in total. The fraction of sp³-hybridized carbons (Fsp3) is 0.625. The summed E-state index contributed by atoms with van der Waals surface area (Å²) in [5.41, 5.74) is 6.32. The van der Waals surface area contributed by atoms with E-state index in [-0.39, 0.29) is 12.6 Å². The van der Waals surface area contributed by atoms with Crippen LogP contribution in [0.1, 0.15) is 31.6 Å². The van der Waals surface area contributed by atoms with Gasteiger partial charge in [0.2, 0.25) is 0 Å². The zero-order valence-electron chi connectivity index (χ0n) is 7.44. The quantitative estimate of drug-likeness (QED) is 0.690. The van der Waals surface area contributed by atoms with Crippen LogP contribution in [0.4, 0.5) is 0 Å². The molecule has 0 saturated heterocycles. The summed E-state index contributed by atoms with van der Waals surface area (Å²) in [4.78, 5) is 4.09. The van der Waals surface area contributed by atoms with Gasteiger partial charge >= 0.3 is 0 Å². The third-order valence-electron chi connectivity index (χ3n) is 1.79. The molecule has 0 aliphatic heterocycles. The molecule has 1 aromatic heterocycles. The second-order valence-corrected chi connectivity index (χ2v) is 3.13. The molecule has 0 amide bonds. The normalized spacial score (nSPS) is 13.8. The Labute approximate surface area is 72.0 Å². The van der Waals surface area contributed by atoms with Gasteiger partial charge in [-0.25, -0.2) is 4.98 Å². The number of imidazole rings is 1. The minimum absolute atomic E-state index is 0.0604. The van der Waals surface area contributed by atoms with E-state index < -0.39 is 0 Å². The number of aliphatic hydroxyl groups excluding tert-OH is 1. The molecule has 1 aromatic rings. The average Bonchev–Trinajstić information content (AvgIpc) is 2.51. The van der Waals surface area contributed by atoms with E-state index >= 15 is 0 Å². The molecule has 0 radical (unpaired) electrons. The molecule has 0 saturated carbocycles. The van der Waals surface area contributed by atoms with Crippen molar-refractivity contribution in [2.24, 2.45) is 5.73 Å². The summed E-state index contributed by atoms with van der Waals surface area (Å²) in [6, 6.07) is 0.0298. The zero-order valence-corrected chi connectivity index (χ0v) is 7.44. The maximum atomic E-state index is 8.76. The molecule has 1 heterocycles. The minimum Gasteiger partial charge on any atom is -0.394 e. The highest BCUT2D eigenvalue weighted by Gasteiger charge is 2.08. The topological polar surface area (TPSA) is 64.1 Å². The molecule has 1 atom stereocenters. The van der Waals surface area contributed by atoms with E-state index in [4.69, 9.17) is 10.8 Å². The van der Waals surface area contributed by atoms with Crippen LogP contribution < -0.4 is 5.73 Å². The Morgan fingerprint density at radius 2 is 2.33 bits per heavy atom. The van der Waals surface area contributed by atoms with Gasteiger partial charge < -0.3 is 15.4 Å². The van der Waals surface area contributed by atoms with E-state index in [1.807, 2.05) is 10.8 Å². The number of nitrogens with two attached hydrogens (primary N) is 1. The zero-order chi connectivity index (χ0) is 9.14. The second kappa shape index (κ2) is 3.69. The van der Waals surface area contributed by atoms with E-state index in [1.54, 1.807) is 6.33 Å². The largest absolute Gasteiger partial charge is 0.394 e. The van der Waals surface area contributed by atoms with E-state index in [0.29, 0.717) is 6.04 Å². The lowest BCUT2D eigenvalue weighted by molar-refractivity contribution is 0.266. The Hall–Kier alpha value is -0.870. The van der Waals surface area contributed by atoms with Gasteiger partial charge in [0.05, 0.1) is 24.7 Å². The van der Waals surface area contributed by atoms with Crippen LogP contribution >= 0.6 is 0 Å². The fourth-order valence-electron chi connectivity index (χ4n) is 0.920. The first-order chi connectivity index (χ1) is 5.65. The number of nitrogens with zero attached hydrogens (tertiary/aromatic N) is 2. The average molecular weight is 169 g/mol. The maximum Gasteiger partial charge on any atom is 0.0952 e. The van der Waals surface area contributed by atoms with Crippen LogP contribution in [0.25, 0.3) is 0 Å². The molecule has 68 valence electrons. The van der Waals surface area contributed by atoms with Crippen LogP contribution in [0.15, 0.2) is 12.5 Å². The molecular weight excluding hydrogens is 154 g/mol. The van der Waals surface area contributed by atoms with Crippen molar-refractivity contribution in [3.05, 3.63) is 18.2 Å². The van der Waals surface area contributed by atoms with Gasteiger partial charge in [-0.05, 0) is 13.8 Å². The van der Waals surface area contributed by atoms with Crippen molar-refractivity contribution in [3.8, 4) is 0 Å². The van der Waals surface area contributed by atoms with Crippen LogP contribution in [-0.2, 0) is 0 Å². The maximum absolute atomic E-state index is 8.76.